The second kappa shape index (κ2) is 7.03. The van der Waals surface area contributed by atoms with Crippen LogP contribution in [0.15, 0.2) is 37.1 Å². The Labute approximate surface area is 130 Å². The van der Waals surface area contributed by atoms with E-state index in [0.29, 0.717) is 26.2 Å². The number of hydrogen-bond acceptors (Lipinski definition) is 4. The third-order valence-electron chi connectivity index (χ3n) is 4.34. The molecule has 118 valence electrons. The van der Waals surface area contributed by atoms with Gasteiger partial charge in [0, 0.05) is 18.4 Å². The number of aromatic nitrogens is 1. The van der Waals surface area contributed by atoms with Crippen LogP contribution in [0, 0.1) is 0 Å². The van der Waals surface area contributed by atoms with Crippen molar-refractivity contribution in [3.8, 4) is 0 Å². The van der Waals surface area contributed by atoms with Crippen LogP contribution >= 0.6 is 0 Å². The van der Waals surface area contributed by atoms with Gasteiger partial charge in [-0.25, -0.2) is 0 Å². The number of amides is 1. The van der Waals surface area contributed by atoms with E-state index in [9.17, 15) is 4.79 Å². The van der Waals surface area contributed by atoms with E-state index in [2.05, 4.69) is 11.6 Å². The summed E-state index contributed by atoms with van der Waals surface area (Å²) in [5.41, 5.74) is 0.813. The highest BCUT2D eigenvalue weighted by Gasteiger charge is 2.44. The topological polar surface area (TPSA) is 51.7 Å². The molecule has 3 rings (SSSR count). The van der Waals surface area contributed by atoms with Crippen molar-refractivity contribution in [1.82, 2.24) is 9.88 Å². The van der Waals surface area contributed by atoms with E-state index < -0.39 is 0 Å². The summed E-state index contributed by atoms with van der Waals surface area (Å²) in [6, 6.07) is 5.78. The molecule has 1 amide bonds. The molecule has 0 N–H and O–H groups in total. The van der Waals surface area contributed by atoms with Crippen LogP contribution in [-0.2, 0) is 20.7 Å². The molecule has 1 aliphatic heterocycles. The molecule has 22 heavy (non-hydrogen) atoms. The number of carbonyl (C=O) groups is 1. The van der Waals surface area contributed by atoms with Crippen molar-refractivity contribution in [2.45, 2.75) is 37.5 Å². The van der Waals surface area contributed by atoms with Crippen LogP contribution in [0.25, 0.3) is 0 Å². The summed E-state index contributed by atoms with van der Waals surface area (Å²) in [5.74, 6) is 0.126. The average molecular weight is 302 g/mol. The van der Waals surface area contributed by atoms with Crippen LogP contribution in [0.5, 0.6) is 0 Å². The Morgan fingerprint density at radius 1 is 1.50 bits per heavy atom. The number of pyridine rings is 1. The van der Waals surface area contributed by atoms with Crippen molar-refractivity contribution in [2.75, 3.05) is 19.8 Å². The third kappa shape index (κ3) is 3.20. The Hall–Kier alpha value is -1.72. The fourth-order valence-corrected chi connectivity index (χ4v) is 3.35. The van der Waals surface area contributed by atoms with Gasteiger partial charge in [0.15, 0.2) is 0 Å². The monoisotopic (exact) mass is 302 g/mol. The van der Waals surface area contributed by atoms with Gasteiger partial charge in [-0.2, -0.15) is 0 Å². The van der Waals surface area contributed by atoms with Crippen LogP contribution in [0.2, 0.25) is 0 Å². The summed E-state index contributed by atoms with van der Waals surface area (Å²) in [6.07, 6.45) is 5.73. The standard InChI is InChI=1S/C17H22N2O3/c1-2-10-21-15-7-6-14-17(15)22-11-9-19(14)16(20)12-13-5-3-4-8-18-13/h2-5,8,14-15,17H,1,6-7,9-12H2/t14-,15-,17+/m1/s1. The minimum atomic E-state index is -0.0126. The zero-order valence-electron chi connectivity index (χ0n) is 12.7. The highest BCUT2D eigenvalue weighted by Crippen LogP contribution is 2.32. The quantitative estimate of drug-likeness (QED) is 0.775. The maximum absolute atomic E-state index is 12.6. The van der Waals surface area contributed by atoms with Gasteiger partial charge in [0.05, 0.1) is 31.8 Å². The normalized spacial score (nSPS) is 27.5. The zero-order valence-corrected chi connectivity index (χ0v) is 12.7. The van der Waals surface area contributed by atoms with Crippen molar-refractivity contribution in [2.24, 2.45) is 0 Å². The number of morpholine rings is 1. The Kier molecular flexibility index (Phi) is 4.85. The molecule has 0 radical (unpaired) electrons. The number of nitrogens with zero attached hydrogens (tertiary/aromatic N) is 2. The molecule has 0 unspecified atom stereocenters. The summed E-state index contributed by atoms with van der Waals surface area (Å²) < 4.78 is 11.6. The van der Waals surface area contributed by atoms with Crippen LogP contribution in [0.1, 0.15) is 18.5 Å². The van der Waals surface area contributed by atoms with E-state index in [1.54, 1.807) is 12.3 Å². The van der Waals surface area contributed by atoms with Gasteiger partial charge in [0.1, 0.15) is 6.10 Å². The van der Waals surface area contributed by atoms with Crippen LogP contribution < -0.4 is 0 Å². The number of hydrogen-bond donors (Lipinski definition) is 0. The van der Waals surface area contributed by atoms with E-state index in [4.69, 9.17) is 9.47 Å². The van der Waals surface area contributed by atoms with Gasteiger partial charge in [-0.3, -0.25) is 9.78 Å². The van der Waals surface area contributed by atoms with Crippen LogP contribution in [0.3, 0.4) is 0 Å². The van der Waals surface area contributed by atoms with Gasteiger partial charge in [-0.1, -0.05) is 12.1 Å². The maximum atomic E-state index is 12.6. The summed E-state index contributed by atoms with van der Waals surface area (Å²) in [6.45, 7) is 5.43. The van der Waals surface area contributed by atoms with Crippen molar-refractivity contribution < 1.29 is 14.3 Å². The third-order valence-corrected chi connectivity index (χ3v) is 4.34. The fraction of sp³-hybridized carbons (Fsp3) is 0.529. The number of fused-ring (bicyclic) bond motifs is 1. The molecule has 3 atom stereocenters. The molecule has 1 aromatic heterocycles. The summed E-state index contributed by atoms with van der Waals surface area (Å²) in [7, 11) is 0. The minimum Gasteiger partial charge on any atom is -0.372 e. The van der Waals surface area contributed by atoms with E-state index in [1.807, 2.05) is 23.1 Å². The lowest BCUT2D eigenvalue weighted by atomic mass is 10.1. The molecular formula is C17H22N2O3. The molecule has 2 fully saturated rings. The summed E-state index contributed by atoms with van der Waals surface area (Å²) >= 11 is 0. The molecule has 1 aliphatic carbocycles. The molecule has 5 nitrogen and oxygen atoms in total. The van der Waals surface area contributed by atoms with E-state index in [1.165, 1.54) is 0 Å². The van der Waals surface area contributed by atoms with Gasteiger partial charge >= 0.3 is 0 Å². The Bertz CT molecular complexity index is 520. The number of carbonyl (C=O) groups excluding carboxylic acids is 1. The first kappa shape index (κ1) is 15.2. The predicted molar refractivity (Wildman–Crippen MR) is 82.4 cm³/mol. The molecule has 1 aromatic rings. The van der Waals surface area contributed by atoms with Gasteiger partial charge in [-0.15, -0.1) is 6.58 Å². The molecule has 1 saturated carbocycles. The molecule has 0 bridgehead atoms. The van der Waals surface area contributed by atoms with Crippen molar-refractivity contribution >= 4 is 5.91 Å². The minimum absolute atomic E-state index is 0.0126. The first-order valence-electron chi connectivity index (χ1n) is 7.83. The van der Waals surface area contributed by atoms with Crippen LogP contribution in [0.4, 0.5) is 0 Å². The van der Waals surface area contributed by atoms with Crippen molar-refractivity contribution in [3.63, 3.8) is 0 Å². The van der Waals surface area contributed by atoms with Gasteiger partial charge < -0.3 is 14.4 Å². The molecule has 2 heterocycles. The Morgan fingerprint density at radius 3 is 3.18 bits per heavy atom. The molecule has 0 spiro atoms. The molecule has 2 aliphatic rings. The predicted octanol–water partition coefficient (Wildman–Crippen LogP) is 1.59. The van der Waals surface area contributed by atoms with Crippen molar-refractivity contribution in [1.29, 1.82) is 0 Å². The maximum Gasteiger partial charge on any atom is 0.229 e. The Morgan fingerprint density at radius 2 is 2.41 bits per heavy atom. The smallest absolute Gasteiger partial charge is 0.229 e. The second-order valence-electron chi connectivity index (χ2n) is 5.73. The summed E-state index contributed by atoms with van der Waals surface area (Å²) in [4.78, 5) is 18.8. The zero-order chi connectivity index (χ0) is 15.4. The highest BCUT2D eigenvalue weighted by atomic mass is 16.5. The summed E-state index contributed by atoms with van der Waals surface area (Å²) in [5, 5.41) is 0. The lowest BCUT2D eigenvalue weighted by molar-refractivity contribution is -0.150. The second-order valence-corrected chi connectivity index (χ2v) is 5.73. The highest BCUT2D eigenvalue weighted by molar-refractivity contribution is 5.79. The average Bonchev–Trinajstić information content (AvgIpc) is 2.97. The SMILES string of the molecule is C=CCO[C@@H]1CC[C@@H]2[C@@H]1OCCN2C(=O)Cc1ccccn1. The Balaban J connectivity index is 1.64. The van der Waals surface area contributed by atoms with E-state index in [0.717, 1.165) is 18.5 Å². The van der Waals surface area contributed by atoms with Gasteiger partial charge in [0.2, 0.25) is 5.91 Å². The lowest BCUT2D eigenvalue weighted by Crippen LogP contribution is -2.54. The first-order chi connectivity index (χ1) is 10.8. The van der Waals surface area contributed by atoms with Gasteiger partial charge in [-0.05, 0) is 25.0 Å². The van der Waals surface area contributed by atoms with Crippen molar-refractivity contribution in [3.05, 3.63) is 42.7 Å². The van der Waals surface area contributed by atoms with E-state index >= 15 is 0 Å². The molecular weight excluding hydrogens is 280 g/mol. The molecule has 5 heteroatoms. The van der Waals surface area contributed by atoms with Gasteiger partial charge in [0.25, 0.3) is 0 Å². The lowest BCUT2D eigenvalue weighted by Gasteiger charge is -2.39. The number of ether oxygens (including phenoxy) is 2. The largest absolute Gasteiger partial charge is 0.372 e. The number of rotatable bonds is 5. The van der Waals surface area contributed by atoms with Crippen LogP contribution in [-0.4, -0.2) is 53.8 Å². The molecule has 0 aromatic carbocycles. The van der Waals surface area contributed by atoms with E-state index in [-0.39, 0.29) is 24.2 Å². The fourth-order valence-electron chi connectivity index (χ4n) is 3.35. The first-order valence-corrected chi connectivity index (χ1v) is 7.83. The molecule has 1 saturated heterocycles.